The first-order valence-corrected chi connectivity index (χ1v) is 13.0. The second kappa shape index (κ2) is 12.5. The van der Waals surface area contributed by atoms with Gasteiger partial charge >= 0.3 is 12.1 Å². The average Bonchev–Trinajstić information content (AvgIpc) is 3.31. The lowest BCUT2D eigenvalue weighted by Crippen LogP contribution is -2.54. The molecule has 0 aliphatic carbocycles. The molecule has 2 saturated heterocycles. The molecule has 3 heterocycles. The molecular weight excluding hydrogens is 552 g/mol. The highest BCUT2D eigenvalue weighted by Gasteiger charge is 2.34. The molecule has 0 unspecified atom stereocenters. The summed E-state index contributed by atoms with van der Waals surface area (Å²) in [6.45, 7) is 2.22. The molecular formula is C26H28ClF2N5O6. The molecule has 214 valence electrons. The molecule has 0 saturated carbocycles. The number of piperazine rings is 1. The Balaban J connectivity index is 1.35. The summed E-state index contributed by atoms with van der Waals surface area (Å²) in [6, 6.07) is 4.30. The molecule has 4 rings (SSSR count). The molecule has 0 spiro atoms. The van der Waals surface area contributed by atoms with E-state index in [0.717, 1.165) is 17.0 Å². The van der Waals surface area contributed by atoms with Crippen LogP contribution in [0.25, 0.3) is 0 Å². The van der Waals surface area contributed by atoms with E-state index in [1.165, 1.54) is 36.1 Å². The average molecular weight is 580 g/mol. The lowest BCUT2D eigenvalue weighted by molar-refractivity contribution is -0.141. The number of nitrogens with one attached hydrogen (secondary N) is 1. The van der Waals surface area contributed by atoms with Crippen LogP contribution in [0.5, 0.6) is 0 Å². The van der Waals surface area contributed by atoms with Crippen LogP contribution in [-0.4, -0.2) is 85.7 Å². The molecule has 1 aromatic heterocycles. The Morgan fingerprint density at radius 1 is 1.20 bits per heavy atom. The van der Waals surface area contributed by atoms with E-state index in [1.54, 1.807) is 6.07 Å². The topological polar surface area (TPSA) is 121 Å². The second-order valence-electron chi connectivity index (χ2n) is 9.34. The van der Waals surface area contributed by atoms with E-state index in [9.17, 15) is 19.2 Å². The van der Waals surface area contributed by atoms with Crippen molar-refractivity contribution in [1.82, 2.24) is 15.2 Å². The van der Waals surface area contributed by atoms with Crippen molar-refractivity contribution in [3.63, 3.8) is 0 Å². The summed E-state index contributed by atoms with van der Waals surface area (Å²) in [5.41, 5.74) is -0.128. The Morgan fingerprint density at radius 3 is 2.50 bits per heavy atom. The first-order valence-electron chi connectivity index (χ1n) is 12.6. The normalized spacial score (nSPS) is 17.9. The van der Waals surface area contributed by atoms with Gasteiger partial charge in [0.1, 0.15) is 23.0 Å². The number of ether oxygens (including phenoxy) is 2. The first-order chi connectivity index (χ1) is 19.1. The number of amides is 3. The van der Waals surface area contributed by atoms with Gasteiger partial charge in [0.05, 0.1) is 24.9 Å². The largest absolute Gasteiger partial charge is 0.469 e. The van der Waals surface area contributed by atoms with Crippen LogP contribution < -0.4 is 15.1 Å². The Hall–Kier alpha value is -4.00. The third-order valence-corrected chi connectivity index (χ3v) is 7.02. The molecule has 40 heavy (non-hydrogen) atoms. The Labute approximate surface area is 234 Å². The van der Waals surface area contributed by atoms with E-state index in [4.69, 9.17) is 16.3 Å². The Morgan fingerprint density at radius 2 is 1.88 bits per heavy atom. The fourth-order valence-corrected chi connectivity index (χ4v) is 4.79. The molecule has 11 nitrogen and oxygen atoms in total. The smallest absolute Gasteiger partial charge is 0.414 e. The van der Waals surface area contributed by atoms with Crippen molar-refractivity contribution < 1.29 is 37.4 Å². The van der Waals surface area contributed by atoms with Crippen LogP contribution in [-0.2, 0) is 19.1 Å². The molecule has 2 fully saturated rings. The van der Waals surface area contributed by atoms with E-state index in [2.05, 4.69) is 15.0 Å². The number of benzene rings is 1. The van der Waals surface area contributed by atoms with Gasteiger partial charge in [-0.1, -0.05) is 11.6 Å². The highest BCUT2D eigenvalue weighted by atomic mass is 35.5. The number of nitrogens with zero attached hydrogens (tertiary/aromatic N) is 4. The molecule has 2 atom stereocenters. The second-order valence-corrected chi connectivity index (χ2v) is 9.70. The third-order valence-electron chi connectivity index (χ3n) is 6.71. The minimum atomic E-state index is -0.866. The van der Waals surface area contributed by atoms with Crippen molar-refractivity contribution >= 4 is 46.9 Å². The van der Waals surface area contributed by atoms with Crippen LogP contribution in [0.3, 0.4) is 0 Å². The summed E-state index contributed by atoms with van der Waals surface area (Å²) in [5.74, 6) is -3.08. The predicted molar refractivity (Wildman–Crippen MR) is 140 cm³/mol. The van der Waals surface area contributed by atoms with Crippen LogP contribution in [0.4, 0.5) is 25.0 Å². The van der Waals surface area contributed by atoms with Crippen LogP contribution in [0.1, 0.15) is 30.1 Å². The number of hydrogen-bond donors (Lipinski definition) is 1. The molecule has 2 aromatic rings. The molecule has 1 N–H and O–H groups in total. The van der Waals surface area contributed by atoms with Crippen molar-refractivity contribution in [2.45, 2.75) is 31.9 Å². The zero-order valence-electron chi connectivity index (χ0n) is 21.9. The van der Waals surface area contributed by atoms with E-state index >= 15 is 8.78 Å². The number of esters is 1. The van der Waals surface area contributed by atoms with Gasteiger partial charge in [-0.15, -0.1) is 0 Å². The van der Waals surface area contributed by atoms with Gasteiger partial charge in [-0.05, 0) is 25.5 Å². The zero-order chi connectivity index (χ0) is 29.0. The van der Waals surface area contributed by atoms with Gasteiger partial charge in [0, 0.05) is 50.9 Å². The van der Waals surface area contributed by atoms with Crippen LogP contribution in [0.15, 0.2) is 30.5 Å². The summed E-state index contributed by atoms with van der Waals surface area (Å²) in [5, 5.41) is 2.61. The van der Waals surface area contributed by atoms with Crippen LogP contribution in [0.2, 0.25) is 5.15 Å². The summed E-state index contributed by atoms with van der Waals surface area (Å²) < 4.78 is 40.0. The monoisotopic (exact) mass is 579 g/mol. The molecule has 0 bridgehead atoms. The minimum Gasteiger partial charge on any atom is -0.469 e. The molecule has 14 heteroatoms. The summed E-state index contributed by atoms with van der Waals surface area (Å²) >= 11 is 5.94. The number of carbonyl (C=O) groups excluding carboxylic acids is 4. The number of halogens is 3. The van der Waals surface area contributed by atoms with Crippen molar-refractivity contribution in [2.75, 3.05) is 49.6 Å². The van der Waals surface area contributed by atoms with Gasteiger partial charge in [-0.2, -0.15) is 0 Å². The molecule has 2 aliphatic heterocycles. The number of rotatable bonds is 8. The number of anilines is 2. The van der Waals surface area contributed by atoms with Gasteiger partial charge in [0.25, 0.3) is 5.91 Å². The Bertz CT molecular complexity index is 1280. The summed E-state index contributed by atoms with van der Waals surface area (Å²) in [7, 11) is 1.25. The maximum atomic E-state index is 15.1. The third kappa shape index (κ3) is 6.41. The van der Waals surface area contributed by atoms with Crippen LogP contribution >= 0.6 is 11.6 Å². The maximum Gasteiger partial charge on any atom is 0.414 e. The maximum absolute atomic E-state index is 15.1. The predicted octanol–water partition coefficient (Wildman–Crippen LogP) is 2.76. The van der Waals surface area contributed by atoms with Gasteiger partial charge < -0.3 is 24.6 Å². The molecule has 1 aromatic carbocycles. The van der Waals surface area contributed by atoms with Gasteiger partial charge in [-0.3, -0.25) is 19.3 Å². The number of hydrogen-bond acceptors (Lipinski definition) is 8. The fraction of sp³-hybridized carbons (Fsp3) is 0.423. The van der Waals surface area contributed by atoms with Crippen molar-refractivity contribution in [2.24, 2.45) is 0 Å². The van der Waals surface area contributed by atoms with E-state index in [1.807, 2.05) is 0 Å². The van der Waals surface area contributed by atoms with Gasteiger partial charge in [-0.25, -0.2) is 18.6 Å². The molecule has 2 aliphatic rings. The fourth-order valence-electron chi connectivity index (χ4n) is 4.59. The number of pyridine rings is 1. The zero-order valence-corrected chi connectivity index (χ0v) is 22.6. The van der Waals surface area contributed by atoms with Crippen molar-refractivity contribution in [1.29, 1.82) is 0 Å². The van der Waals surface area contributed by atoms with Crippen molar-refractivity contribution in [3.8, 4) is 0 Å². The van der Waals surface area contributed by atoms with Crippen LogP contribution in [0, 0.1) is 11.6 Å². The highest BCUT2D eigenvalue weighted by Crippen LogP contribution is 2.32. The van der Waals surface area contributed by atoms with E-state index in [0.29, 0.717) is 0 Å². The molecule has 0 radical (unpaired) electrons. The lowest BCUT2D eigenvalue weighted by atomic mass is 10.1. The number of methoxy groups -OCH3 is 1. The number of aromatic nitrogens is 1. The van der Waals surface area contributed by atoms with Crippen molar-refractivity contribution in [3.05, 3.63) is 52.8 Å². The first kappa shape index (κ1) is 29.0. The standard InChI is InChI=1S/C26H28ClF2N5O6/c1-15(31-24(36)18-4-3-7-30-23(18)27)25(37)33-10-8-32(9-11-33)22-19(28)12-16(13-20(22)29)34-14-17(40-26(34)38)5-6-21(35)39-2/h3-4,7,12-13,15,17H,5-6,8-11,14H2,1-2H3,(H,31,36)/t15-,17-/m0/s1. The van der Waals surface area contributed by atoms with E-state index in [-0.39, 0.29) is 73.6 Å². The quantitative estimate of drug-likeness (QED) is 0.374. The summed E-state index contributed by atoms with van der Waals surface area (Å²) in [6.07, 6.45) is 0.331. The van der Waals surface area contributed by atoms with E-state index < -0.39 is 41.7 Å². The Kier molecular flexibility index (Phi) is 9.03. The lowest BCUT2D eigenvalue weighted by Gasteiger charge is -2.37. The highest BCUT2D eigenvalue weighted by molar-refractivity contribution is 6.32. The number of cyclic esters (lactones) is 1. The number of carbonyl (C=O) groups is 4. The van der Waals surface area contributed by atoms with Gasteiger partial charge in [0.15, 0.2) is 11.6 Å². The molecule has 3 amide bonds. The van der Waals surface area contributed by atoms with Gasteiger partial charge in [0.2, 0.25) is 5.91 Å². The SMILES string of the molecule is COC(=O)CC[C@H]1CN(c2cc(F)c(N3CCN(C(=O)[C@H](C)NC(=O)c4cccnc4Cl)CC3)c(F)c2)C(=O)O1. The summed E-state index contributed by atoms with van der Waals surface area (Å²) in [4.78, 5) is 56.9. The minimum absolute atomic E-state index is 0.00332.